The van der Waals surface area contributed by atoms with Crippen molar-refractivity contribution in [1.29, 1.82) is 0 Å². The lowest BCUT2D eigenvalue weighted by Gasteiger charge is -2.17. The topological polar surface area (TPSA) is 27.7 Å². The summed E-state index contributed by atoms with van der Waals surface area (Å²) in [5.74, 6) is 0.737. The molecule has 0 heterocycles. The maximum Gasteiger partial charge on any atom is 0.186 e. The number of rotatable bonds is 4. The molecule has 0 N–H and O–H groups in total. The van der Waals surface area contributed by atoms with Crippen LogP contribution in [0.2, 0.25) is 0 Å². The molecule has 0 saturated carbocycles. The van der Waals surface area contributed by atoms with Gasteiger partial charge in [-0.2, -0.15) is 0 Å². The molecule has 0 saturated heterocycles. The summed E-state index contributed by atoms with van der Waals surface area (Å²) in [5.41, 5.74) is 0.867. The van der Waals surface area contributed by atoms with Crippen LogP contribution < -0.4 is 4.74 Å². The maximum absolute atomic E-state index is 5.25. The van der Waals surface area contributed by atoms with Gasteiger partial charge in [-0.3, -0.25) is 0 Å². The Balaban J connectivity index is 3.11. The Kier molecular flexibility index (Phi) is 4.38. The number of benzene rings is 1. The minimum absolute atomic E-state index is 0.401. The number of methoxy groups -OCH3 is 3. The third-order valence-electron chi connectivity index (χ3n) is 1.88. The first-order valence-electron chi connectivity index (χ1n) is 4.12. The Hall–Kier alpha value is -0.580. The van der Waals surface area contributed by atoms with Crippen LogP contribution in [0.5, 0.6) is 5.75 Å². The van der Waals surface area contributed by atoms with Gasteiger partial charge in [0.25, 0.3) is 0 Å². The highest BCUT2D eigenvalue weighted by Crippen LogP contribution is 2.34. The summed E-state index contributed by atoms with van der Waals surface area (Å²) >= 11 is 3.40. The second-order valence-corrected chi connectivity index (χ2v) is 3.52. The molecule has 0 aromatic heterocycles. The monoisotopic (exact) mass is 260 g/mol. The van der Waals surface area contributed by atoms with Crippen molar-refractivity contribution >= 4 is 15.9 Å². The molecule has 1 aromatic rings. The Labute approximate surface area is 92.1 Å². The largest absolute Gasteiger partial charge is 0.495 e. The van der Waals surface area contributed by atoms with Crippen molar-refractivity contribution in [3.8, 4) is 5.75 Å². The van der Waals surface area contributed by atoms with Crippen LogP contribution >= 0.6 is 15.9 Å². The van der Waals surface area contributed by atoms with Gasteiger partial charge in [0.05, 0.1) is 17.1 Å². The van der Waals surface area contributed by atoms with Crippen LogP contribution in [0.3, 0.4) is 0 Å². The molecule has 0 aliphatic carbocycles. The Morgan fingerprint density at radius 3 is 2.29 bits per heavy atom. The average molecular weight is 261 g/mol. The van der Waals surface area contributed by atoms with Crippen LogP contribution in [0, 0.1) is 0 Å². The maximum atomic E-state index is 5.25. The summed E-state index contributed by atoms with van der Waals surface area (Å²) in [6.07, 6.45) is -0.401. The first kappa shape index (κ1) is 11.5. The molecule has 1 rings (SSSR count). The third-order valence-corrected chi connectivity index (χ3v) is 2.51. The van der Waals surface area contributed by atoms with E-state index in [0.717, 1.165) is 15.8 Å². The fourth-order valence-electron chi connectivity index (χ4n) is 1.28. The van der Waals surface area contributed by atoms with Crippen LogP contribution in [0.25, 0.3) is 0 Å². The zero-order valence-electron chi connectivity index (χ0n) is 8.41. The molecule has 0 amide bonds. The van der Waals surface area contributed by atoms with Crippen molar-refractivity contribution in [2.24, 2.45) is 0 Å². The van der Waals surface area contributed by atoms with Crippen molar-refractivity contribution in [2.45, 2.75) is 6.29 Å². The SMILES string of the molecule is COc1c(Br)cccc1C(OC)OC. The van der Waals surface area contributed by atoms with Gasteiger partial charge in [-0.1, -0.05) is 12.1 Å². The number of hydrogen-bond acceptors (Lipinski definition) is 3. The molecule has 0 atom stereocenters. The fraction of sp³-hybridized carbons (Fsp3) is 0.400. The van der Waals surface area contributed by atoms with Crippen LogP contribution in [0.15, 0.2) is 22.7 Å². The molecule has 0 bridgehead atoms. The molecule has 14 heavy (non-hydrogen) atoms. The molecule has 0 unspecified atom stereocenters. The van der Waals surface area contributed by atoms with Gasteiger partial charge >= 0.3 is 0 Å². The molecule has 0 radical (unpaired) electrons. The quantitative estimate of drug-likeness (QED) is 0.780. The molecule has 0 aliphatic rings. The fourth-order valence-corrected chi connectivity index (χ4v) is 1.82. The summed E-state index contributed by atoms with van der Waals surface area (Å²) in [7, 11) is 4.80. The Morgan fingerprint density at radius 2 is 1.79 bits per heavy atom. The second kappa shape index (κ2) is 5.34. The third kappa shape index (κ3) is 2.26. The van der Waals surface area contributed by atoms with Crippen molar-refractivity contribution in [3.05, 3.63) is 28.2 Å². The zero-order chi connectivity index (χ0) is 10.6. The lowest BCUT2D eigenvalue weighted by atomic mass is 10.2. The van der Waals surface area contributed by atoms with Crippen LogP contribution in [0.4, 0.5) is 0 Å². The molecule has 78 valence electrons. The van der Waals surface area contributed by atoms with Crippen LogP contribution in [-0.2, 0) is 9.47 Å². The van der Waals surface area contributed by atoms with E-state index in [2.05, 4.69) is 15.9 Å². The highest BCUT2D eigenvalue weighted by atomic mass is 79.9. The van der Waals surface area contributed by atoms with Gasteiger partial charge in [0.15, 0.2) is 6.29 Å². The van der Waals surface area contributed by atoms with Crippen molar-refractivity contribution < 1.29 is 14.2 Å². The summed E-state index contributed by atoms with van der Waals surface area (Å²) in [5, 5.41) is 0. The average Bonchev–Trinajstić information content (AvgIpc) is 2.20. The second-order valence-electron chi connectivity index (χ2n) is 2.67. The smallest absolute Gasteiger partial charge is 0.186 e. The van der Waals surface area contributed by atoms with Gasteiger partial charge in [0, 0.05) is 14.2 Å². The summed E-state index contributed by atoms with van der Waals surface area (Å²) in [4.78, 5) is 0. The van der Waals surface area contributed by atoms with Crippen molar-refractivity contribution in [2.75, 3.05) is 21.3 Å². The minimum Gasteiger partial charge on any atom is -0.495 e. The van der Waals surface area contributed by atoms with E-state index in [4.69, 9.17) is 14.2 Å². The lowest BCUT2D eigenvalue weighted by molar-refractivity contribution is -0.107. The lowest BCUT2D eigenvalue weighted by Crippen LogP contribution is -2.05. The van der Waals surface area contributed by atoms with E-state index >= 15 is 0 Å². The number of hydrogen-bond donors (Lipinski definition) is 0. The molecule has 0 aliphatic heterocycles. The predicted octanol–water partition coefficient (Wildman–Crippen LogP) is 2.75. The molecule has 0 fully saturated rings. The van der Waals surface area contributed by atoms with E-state index < -0.39 is 6.29 Å². The van der Waals surface area contributed by atoms with Crippen LogP contribution in [-0.4, -0.2) is 21.3 Å². The zero-order valence-corrected chi connectivity index (χ0v) is 10.00. The van der Waals surface area contributed by atoms with Gasteiger partial charge in [0.2, 0.25) is 0 Å². The normalized spacial score (nSPS) is 10.6. The van der Waals surface area contributed by atoms with Gasteiger partial charge in [0.1, 0.15) is 5.75 Å². The first-order valence-corrected chi connectivity index (χ1v) is 4.91. The van der Waals surface area contributed by atoms with Gasteiger partial charge < -0.3 is 14.2 Å². The van der Waals surface area contributed by atoms with E-state index in [1.165, 1.54) is 0 Å². The number of ether oxygens (including phenoxy) is 3. The van der Waals surface area contributed by atoms with E-state index in [9.17, 15) is 0 Å². The van der Waals surface area contributed by atoms with Crippen molar-refractivity contribution in [1.82, 2.24) is 0 Å². The highest BCUT2D eigenvalue weighted by Gasteiger charge is 2.16. The minimum atomic E-state index is -0.401. The van der Waals surface area contributed by atoms with E-state index in [1.54, 1.807) is 21.3 Å². The van der Waals surface area contributed by atoms with Gasteiger partial charge in [-0.05, 0) is 22.0 Å². The molecule has 0 spiro atoms. The number of halogens is 1. The van der Waals surface area contributed by atoms with Crippen molar-refractivity contribution in [3.63, 3.8) is 0 Å². The molecular weight excluding hydrogens is 248 g/mol. The van der Waals surface area contributed by atoms with Gasteiger partial charge in [-0.25, -0.2) is 0 Å². The summed E-state index contributed by atoms with van der Waals surface area (Å²) in [6.45, 7) is 0. The first-order chi connectivity index (χ1) is 6.74. The molecule has 4 heteroatoms. The highest BCUT2D eigenvalue weighted by molar-refractivity contribution is 9.10. The predicted molar refractivity (Wildman–Crippen MR) is 57.5 cm³/mol. The molecule has 1 aromatic carbocycles. The Bertz CT molecular complexity index is 297. The van der Waals surface area contributed by atoms with Crippen LogP contribution in [0.1, 0.15) is 11.9 Å². The Morgan fingerprint density at radius 1 is 1.14 bits per heavy atom. The van der Waals surface area contributed by atoms with E-state index in [1.807, 2.05) is 18.2 Å². The standard InChI is InChI=1S/C10H13BrO3/c1-12-9-7(10(13-2)14-3)5-4-6-8(9)11/h4-6,10H,1-3H3. The summed E-state index contributed by atoms with van der Waals surface area (Å²) < 4.78 is 16.5. The van der Waals surface area contributed by atoms with Gasteiger partial charge in [-0.15, -0.1) is 0 Å². The molecule has 3 nitrogen and oxygen atoms in total. The number of para-hydroxylation sites is 1. The summed E-state index contributed by atoms with van der Waals surface area (Å²) in [6, 6.07) is 5.72. The molecular formula is C10H13BrO3. The van der Waals surface area contributed by atoms with E-state index in [-0.39, 0.29) is 0 Å². The van der Waals surface area contributed by atoms with E-state index in [0.29, 0.717) is 0 Å².